The molecule has 7 nitrogen and oxygen atoms in total. The van der Waals surface area contributed by atoms with Gasteiger partial charge in [0.1, 0.15) is 12.6 Å². The van der Waals surface area contributed by atoms with Gasteiger partial charge in [0.15, 0.2) is 0 Å². The fraction of sp³-hybridized carbons (Fsp3) is 0.250. The maximum absolute atomic E-state index is 12.2. The van der Waals surface area contributed by atoms with Gasteiger partial charge in [0.2, 0.25) is 0 Å². The van der Waals surface area contributed by atoms with Crippen LogP contribution in [-0.4, -0.2) is 30.1 Å². The molecular weight excluding hydrogens is 346 g/mol. The molecule has 1 fully saturated rings. The van der Waals surface area contributed by atoms with Crippen LogP contribution in [0, 0.1) is 0 Å². The number of nitrogens with one attached hydrogen (secondary N) is 3. The first kappa shape index (κ1) is 18.4. The highest BCUT2D eigenvalue weighted by atomic mass is 16.5. The number of benzene rings is 2. The molecule has 3 N–H and O–H groups in total. The van der Waals surface area contributed by atoms with E-state index >= 15 is 0 Å². The van der Waals surface area contributed by atoms with E-state index in [1.165, 1.54) is 0 Å². The average Bonchev–Trinajstić information content (AvgIpc) is 2.98. The largest absolute Gasteiger partial charge is 0.445 e. The molecule has 1 aliphatic rings. The minimum absolute atomic E-state index is 0.158. The van der Waals surface area contributed by atoms with Crippen LogP contribution in [0.1, 0.15) is 17.5 Å². The summed E-state index contributed by atoms with van der Waals surface area (Å²) < 4.78 is 5.27. The number of hydrogen-bond acceptors (Lipinski definition) is 4. The number of rotatable bonds is 7. The SMILES string of the molecule is O=C1NC(=O)C(C[C@H](Cc2ccccc2)NC(=O)OCc2ccccc2)N1. The highest BCUT2D eigenvalue weighted by molar-refractivity contribution is 6.04. The average molecular weight is 367 g/mol. The fourth-order valence-electron chi connectivity index (χ4n) is 2.93. The highest BCUT2D eigenvalue weighted by Crippen LogP contribution is 2.11. The van der Waals surface area contributed by atoms with Crippen molar-refractivity contribution in [3.8, 4) is 0 Å². The van der Waals surface area contributed by atoms with Crippen LogP contribution < -0.4 is 16.0 Å². The Morgan fingerprint density at radius 3 is 2.22 bits per heavy atom. The predicted molar refractivity (Wildman–Crippen MR) is 98.8 cm³/mol. The van der Waals surface area contributed by atoms with Crippen LogP contribution in [0.25, 0.3) is 0 Å². The molecule has 140 valence electrons. The Hall–Kier alpha value is -3.35. The molecule has 0 bridgehead atoms. The van der Waals surface area contributed by atoms with E-state index in [0.717, 1.165) is 11.1 Å². The van der Waals surface area contributed by atoms with Crippen molar-refractivity contribution in [3.05, 3.63) is 71.8 Å². The van der Waals surface area contributed by atoms with Gasteiger partial charge in [-0.15, -0.1) is 0 Å². The number of urea groups is 1. The second kappa shape index (κ2) is 8.84. The normalized spacial score (nSPS) is 17.0. The van der Waals surface area contributed by atoms with E-state index in [2.05, 4.69) is 16.0 Å². The van der Waals surface area contributed by atoms with E-state index in [0.29, 0.717) is 6.42 Å². The Bertz CT molecular complexity index is 795. The lowest BCUT2D eigenvalue weighted by atomic mass is 9.99. The second-order valence-corrected chi connectivity index (χ2v) is 6.34. The molecule has 2 aromatic carbocycles. The first-order valence-electron chi connectivity index (χ1n) is 8.72. The third-order valence-corrected chi connectivity index (χ3v) is 4.24. The van der Waals surface area contributed by atoms with Crippen LogP contribution in [0.2, 0.25) is 0 Å². The van der Waals surface area contributed by atoms with Crippen molar-refractivity contribution < 1.29 is 19.1 Å². The molecule has 0 aromatic heterocycles. The van der Waals surface area contributed by atoms with Crippen LogP contribution >= 0.6 is 0 Å². The molecule has 2 aromatic rings. The molecule has 1 saturated heterocycles. The van der Waals surface area contributed by atoms with Crippen molar-refractivity contribution in [2.24, 2.45) is 0 Å². The molecule has 0 saturated carbocycles. The minimum atomic E-state index is -0.680. The number of imide groups is 1. The molecule has 3 rings (SSSR count). The monoisotopic (exact) mass is 367 g/mol. The van der Waals surface area contributed by atoms with Crippen LogP contribution in [0.3, 0.4) is 0 Å². The lowest BCUT2D eigenvalue weighted by Crippen LogP contribution is -2.43. The smallest absolute Gasteiger partial charge is 0.407 e. The van der Waals surface area contributed by atoms with E-state index in [9.17, 15) is 14.4 Å². The maximum Gasteiger partial charge on any atom is 0.407 e. The first-order valence-corrected chi connectivity index (χ1v) is 8.72. The third kappa shape index (κ3) is 5.57. The Morgan fingerprint density at radius 1 is 1.00 bits per heavy atom. The zero-order valence-electron chi connectivity index (χ0n) is 14.7. The van der Waals surface area contributed by atoms with Gasteiger partial charge in [-0.3, -0.25) is 10.1 Å². The van der Waals surface area contributed by atoms with Crippen molar-refractivity contribution in [3.63, 3.8) is 0 Å². The summed E-state index contributed by atoms with van der Waals surface area (Å²) in [6.07, 6.45) is 0.220. The van der Waals surface area contributed by atoms with Crippen molar-refractivity contribution in [2.45, 2.75) is 31.5 Å². The molecule has 7 heteroatoms. The van der Waals surface area contributed by atoms with Crippen molar-refractivity contribution >= 4 is 18.0 Å². The van der Waals surface area contributed by atoms with E-state index < -0.39 is 24.1 Å². The standard InChI is InChI=1S/C20H21N3O4/c24-18-17(22-19(25)23-18)12-16(11-14-7-3-1-4-8-14)21-20(26)27-13-15-9-5-2-6-10-15/h1-10,16-17H,11-13H2,(H,21,26)(H2,22,23,24,25)/t16-,17?/m0/s1. The summed E-state index contributed by atoms with van der Waals surface area (Å²) in [6, 6.07) is 17.4. The van der Waals surface area contributed by atoms with Gasteiger partial charge in [0.05, 0.1) is 0 Å². The molecule has 0 aliphatic carbocycles. The number of amides is 4. The summed E-state index contributed by atoms with van der Waals surface area (Å²) in [7, 11) is 0. The topological polar surface area (TPSA) is 96.5 Å². The summed E-state index contributed by atoms with van der Waals surface area (Å²) >= 11 is 0. The second-order valence-electron chi connectivity index (χ2n) is 6.34. The molecule has 27 heavy (non-hydrogen) atoms. The lowest BCUT2D eigenvalue weighted by Gasteiger charge is -2.21. The van der Waals surface area contributed by atoms with Crippen molar-refractivity contribution in [1.82, 2.24) is 16.0 Å². The van der Waals surface area contributed by atoms with Crippen LogP contribution in [0.15, 0.2) is 60.7 Å². The number of alkyl carbamates (subject to hydrolysis) is 1. The van der Waals surface area contributed by atoms with Crippen LogP contribution in [-0.2, 0) is 22.6 Å². The zero-order valence-corrected chi connectivity index (χ0v) is 14.7. The summed E-state index contributed by atoms with van der Waals surface area (Å²) in [5.41, 5.74) is 1.89. The Morgan fingerprint density at radius 2 is 1.63 bits per heavy atom. The van der Waals surface area contributed by atoms with Crippen molar-refractivity contribution in [2.75, 3.05) is 0 Å². The number of hydrogen-bond donors (Lipinski definition) is 3. The fourth-order valence-corrected chi connectivity index (χ4v) is 2.93. The van der Waals surface area contributed by atoms with Gasteiger partial charge in [0, 0.05) is 6.04 Å². The summed E-state index contributed by atoms with van der Waals surface area (Å²) in [5.74, 6) is -0.391. The van der Waals surface area contributed by atoms with E-state index in [1.54, 1.807) is 0 Å². The Balaban J connectivity index is 1.60. The van der Waals surface area contributed by atoms with Gasteiger partial charge in [0.25, 0.3) is 5.91 Å². The van der Waals surface area contributed by atoms with Crippen LogP contribution in [0.4, 0.5) is 9.59 Å². The summed E-state index contributed by atoms with van der Waals surface area (Å²) in [5, 5.41) is 7.57. The highest BCUT2D eigenvalue weighted by Gasteiger charge is 2.32. The summed E-state index contributed by atoms with van der Waals surface area (Å²) in [4.78, 5) is 35.4. The molecule has 1 unspecified atom stereocenters. The minimum Gasteiger partial charge on any atom is -0.445 e. The van der Waals surface area contributed by atoms with Crippen LogP contribution in [0.5, 0.6) is 0 Å². The van der Waals surface area contributed by atoms with Gasteiger partial charge < -0.3 is 15.4 Å². The Labute approximate surface area is 157 Å². The predicted octanol–water partition coefficient (Wildman–Crippen LogP) is 2.12. The van der Waals surface area contributed by atoms with Gasteiger partial charge in [-0.25, -0.2) is 9.59 Å². The van der Waals surface area contributed by atoms with E-state index in [-0.39, 0.29) is 19.1 Å². The molecule has 2 atom stereocenters. The van der Waals surface area contributed by atoms with E-state index in [1.807, 2.05) is 60.7 Å². The van der Waals surface area contributed by atoms with Crippen molar-refractivity contribution in [1.29, 1.82) is 0 Å². The zero-order chi connectivity index (χ0) is 19.1. The quantitative estimate of drug-likeness (QED) is 0.653. The number of ether oxygens (including phenoxy) is 1. The third-order valence-electron chi connectivity index (χ3n) is 4.24. The number of carbonyl (C=O) groups excluding carboxylic acids is 3. The molecule has 0 radical (unpaired) electrons. The van der Waals surface area contributed by atoms with Gasteiger partial charge in [-0.1, -0.05) is 60.7 Å². The summed E-state index contributed by atoms with van der Waals surface area (Å²) in [6.45, 7) is 0.158. The van der Waals surface area contributed by atoms with Gasteiger partial charge in [-0.2, -0.15) is 0 Å². The van der Waals surface area contributed by atoms with E-state index in [4.69, 9.17) is 4.74 Å². The number of carbonyl (C=O) groups is 3. The van der Waals surface area contributed by atoms with Gasteiger partial charge >= 0.3 is 12.1 Å². The maximum atomic E-state index is 12.2. The Kier molecular flexibility index (Phi) is 6.04. The molecule has 1 aliphatic heterocycles. The molecular formula is C20H21N3O4. The van der Waals surface area contributed by atoms with Gasteiger partial charge in [-0.05, 0) is 24.0 Å². The molecule has 1 heterocycles. The molecule has 4 amide bonds. The lowest BCUT2D eigenvalue weighted by molar-refractivity contribution is -0.120. The first-order chi connectivity index (χ1) is 13.1. The molecule has 0 spiro atoms.